The van der Waals surface area contributed by atoms with Crippen molar-refractivity contribution in [1.29, 1.82) is 0 Å². The standard InChI is InChI=1S/C25H24O8/c1-31-19-6-12(7-20(32-2)24(19)30)21-15-10-33-25(11-3-4-16(27)17(28)5-11)22(15)14-8-13(26)9-18(29)23(14)21/h3-9,15,21-22,25-30H,10H2,1-2H3/t15-,21-,22+,25-/m1/s1. The summed E-state index contributed by atoms with van der Waals surface area (Å²) in [5.41, 5.74) is 2.83. The first-order valence-corrected chi connectivity index (χ1v) is 10.5. The molecule has 5 N–H and O–H groups in total. The van der Waals surface area contributed by atoms with Crippen molar-refractivity contribution in [2.24, 2.45) is 5.92 Å². The Morgan fingerprint density at radius 2 is 1.48 bits per heavy atom. The predicted octanol–water partition coefficient (Wildman–Crippen LogP) is 3.85. The minimum absolute atomic E-state index is 0.0392. The fourth-order valence-corrected chi connectivity index (χ4v) is 5.35. The summed E-state index contributed by atoms with van der Waals surface area (Å²) in [6.07, 6.45) is -0.465. The van der Waals surface area contributed by atoms with Gasteiger partial charge in [0, 0.05) is 29.4 Å². The maximum atomic E-state index is 10.9. The van der Waals surface area contributed by atoms with Gasteiger partial charge >= 0.3 is 0 Å². The molecule has 1 fully saturated rings. The number of ether oxygens (including phenoxy) is 3. The van der Waals surface area contributed by atoms with E-state index in [2.05, 4.69) is 0 Å². The monoisotopic (exact) mass is 452 g/mol. The van der Waals surface area contributed by atoms with E-state index in [9.17, 15) is 25.5 Å². The van der Waals surface area contributed by atoms with Crippen LogP contribution in [0, 0.1) is 5.92 Å². The van der Waals surface area contributed by atoms with Crippen molar-refractivity contribution in [2.45, 2.75) is 17.9 Å². The second-order valence-electron chi connectivity index (χ2n) is 8.41. The number of fused-ring (bicyclic) bond motifs is 3. The first-order valence-electron chi connectivity index (χ1n) is 10.5. The van der Waals surface area contributed by atoms with E-state index in [1.807, 2.05) is 0 Å². The molecule has 8 nitrogen and oxygen atoms in total. The Bertz CT molecular complexity index is 1210. The van der Waals surface area contributed by atoms with Crippen LogP contribution in [0.2, 0.25) is 0 Å². The highest BCUT2D eigenvalue weighted by atomic mass is 16.5. The van der Waals surface area contributed by atoms with Gasteiger partial charge in [-0.1, -0.05) is 6.07 Å². The summed E-state index contributed by atoms with van der Waals surface area (Å²) in [6, 6.07) is 10.9. The van der Waals surface area contributed by atoms with Crippen LogP contribution >= 0.6 is 0 Å². The Balaban J connectivity index is 1.68. The molecule has 1 saturated heterocycles. The van der Waals surface area contributed by atoms with Gasteiger partial charge < -0.3 is 39.7 Å². The summed E-state index contributed by atoms with van der Waals surface area (Å²) in [5.74, 6) is -0.896. The highest BCUT2D eigenvalue weighted by molar-refractivity contribution is 5.61. The van der Waals surface area contributed by atoms with Gasteiger partial charge in [-0.25, -0.2) is 0 Å². The average Bonchev–Trinajstić information content (AvgIpc) is 3.35. The maximum absolute atomic E-state index is 10.9. The van der Waals surface area contributed by atoms with Gasteiger partial charge in [0.05, 0.1) is 26.9 Å². The van der Waals surface area contributed by atoms with Gasteiger partial charge in [0.1, 0.15) is 11.5 Å². The van der Waals surface area contributed by atoms with Crippen molar-refractivity contribution in [1.82, 2.24) is 0 Å². The SMILES string of the molecule is COc1cc([C@H]2c3c(O)cc(O)cc3[C@H]3[C@@H]2CO[C@@H]3c2ccc(O)c(O)c2)cc(OC)c1O. The van der Waals surface area contributed by atoms with E-state index in [1.54, 1.807) is 24.3 Å². The number of hydrogen-bond donors (Lipinski definition) is 5. The molecule has 0 amide bonds. The molecule has 2 aliphatic rings. The summed E-state index contributed by atoms with van der Waals surface area (Å²) in [6.45, 7) is 0.349. The lowest BCUT2D eigenvalue weighted by molar-refractivity contribution is 0.0988. The number of methoxy groups -OCH3 is 2. The van der Waals surface area contributed by atoms with Crippen LogP contribution in [0.3, 0.4) is 0 Å². The van der Waals surface area contributed by atoms with Gasteiger partial charge in [0.15, 0.2) is 23.0 Å². The minimum Gasteiger partial charge on any atom is -0.508 e. The second-order valence-corrected chi connectivity index (χ2v) is 8.41. The van der Waals surface area contributed by atoms with Crippen molar-refractivity contribution in [3.63, 3.8) is 0 Å². The van der Waals surface area contributed by atoms with Crippen LogP contribution in [0.15, 0.2) is 42.5 Å². The van der Waals surface area contributed by atoms with Crippen LogP contribution in [0.4, 0.5) is 0 Å². The molecule has 0 unspecified atom stereocenters. The molecule has 0 aromatic heterocycles. The molecule has 0 radical (unpaired) electrons. The zero-order valence-electron chi connectivity index (χ0n) is 18.0. The summed E-state index contributed by atoms with van der Waals surface area (Å²) in [5, 5.41) is 51.2. The van der Waals surface area contributed by atoms with Crippen molar-refractivity contribution in [3.8, 4) is 40.2 Å². The third-order valence-electron chi connectivity index (χ3n) is 6.72. The summed E-state index contributed by atoms with van der Waals surface area (Å²) in [4.78, 5) is 0. The molecule has 0 spiro atoms. The van der Waals surface area contributed by atoms with E-state index < -0.39 is 6.10 Å². The molecule has 0 bridgehead atoms. The summed E-state index contributed by atoms with van der Waals surface area (Å²) >= 11 is 0. The average molecular weight is 452 g/mol. The maximum Gasteiger partial charge on any atom is 0.200 e. The Kier molecular flexibility index (Phi) is 4.90. The number of phenolic OH excluding ortho intramolecular Hbond substituents is 5. The fourth-order valence-electron chi connectivity index (χ4n) is 5.35. The molecule has 5 rings (SSSR count). The number of aromatic hydroxyl groups is 5. The molecule has 172 valence electrons. The van der Waals surface area contributed by atoms with Gasteiger partial charge in [-0.3, -0.25) is 0 Å². The lowest BCUT2D eigenvalue weighted by Crippen LogP contribution is -2.13. The van der Waals surface area contributed by atoms with Gasteiger partial charge in [-0.2, -0.15) is 0 Å². The Labute approximate surface area is 189 Å². The Hall–Kier alpha value is -3.78. The molecular weight excluding hydrogens is 428 g/mol. The highest BCUT2D eigenvalue weighted by Gasteiger charge is 2.52. The summed E-state index contributed by atoms with van der Waals surface area (Å²) < 4.78 is 16.8. The first-order chi connectivity index (χ1) is 15.8. The Morgan fingerprint density at radius 3 is 2.12 bits per heavy atom. The van der Waals surface area contributed by atoms with Gasteiger partial charge in [0.25, 0.3) is 0 Å². The van der Waals surface area contributed by atoms with E-state index >= 15 is 0 Å². The zero-order valence-corrected chi connectivity index (χ0v) is 18.0. The molecule has 1 aliphatic heterocycles. The molecular formula is C25H24O8. The van der Waals surface area contributed by atoms with Gasteiger partial charge in [0.2, 0.25) is 5.75 Å². The van der Waals surface area contributed by atoms with E-state index in [1.165, 1.54) is 32.4 Å². The van der Waals surface area contributed by atoms with Crippen molar-refractivity contribution < 1.29 is 39.7 Å². The van der Waals surface area contributed by atoms with E-state index in [0.717, 1.165) is 11.1 Å². The van der Waals surface area contributed by atoms with Crippen molar-refractivity contribution in [3.05, 3.63) is 64.7 Å². The van der Waals surface area contributed by atoms with E-state index in [0.29, 0.717) is 17.7 Å². The number of phenols is 5. The lowest BCUT2D eigenvalue weighted by atomic mass is 9.81. The van der Waals surface area contributed by atoms with Crippen LogP contribution in [0.25, 0.3) is 0 Å². The first kappa shape index (κ1) is 21.1. The normalized spacial score (nSPS) is 23.2. The zero-order chi connectivity index (χ0) is 23.4. The van der Waals surface area contributed by atoms with Crippen LogP contribution in [0.1, 0.15) is 40.2 Å². The molecule has 3 aromatic carbocycles. The number of hydrogen-bond acceptors (Lipinski definition) is 8. The predicted molar refractivity (Wildman–Crippen MR) is 118 cm³/mol. The fraction of sp³-hybridized carbons (Fsp3) is 0.280. The van der Waals surface area contributed by atoms with Gasteiger partial charge in [-0.15, -0.1) is 0 Å². The van der Waals surface area contributed by atoms with E-state index in [-0.39, 0.29) is 58.0 Å². The molecule has 0 saturated carbocycles. The molecule has 33 heavy (non-hydrogen) atoms. The van der Waals surface area contributed by atoms with Crippen molar-refractivity contribution >= 4 is 0 Å². The highest BCUT2D eigenvalue weighted by Crippen LogP contribution is 2.62. The quantitative estimate of drug-likeness (QED) is 0.378. The van der Waals surface area contributed by atoms with Crippen LogP contribution in [-0.2, 0) is 4.74 Å². The minimum atomic E-state index is -0.465. The van der Waals surface area contributed by atoms with Crippen LogP contribution in [0.5, 0.6) is 40.2 Å². The Morgan fingerprint density at radius 1 is 0.788 bits per heavy atom. The largest absolute Gasteiger partial charge is 0.508 e. The number of rotatable bonds is 4. The summed E-state index contributed by atoms with van der Waals surface area (Å²) in [7, 11) is 2.90. The van der Waals surface area contributed by atoms with Gasteiger partial charge in [-0.05, 0) is 47.0 Å². The third kappa shape index (κ3) is 3.17. The molecule has 3 aromatic rings. The topological polar surface area (TPSA) is 129 Å². The van der Waals surface area contributed by atoms with Crippen LogP contribution in [-0.4, -0.2) is 46.4 Å². The number of benzene rings is 3. The molecule has 1 heterocycles. The smallest absolute Gasteiger partial charge is 0.200 e. The second kappa shape index (κ2) is 7.67. The van der Waals surface area contributed by atoms with Crippen LogP contribution < -0.4 is 9.47 Å². The van der Waals surface area contributed by atoms with Crippen molar-refractivity contribution in [2.75, 3.05) is 20.8 Å². The molecule has 4 atom stereocenters. The molecule has 1 aliphatic carbocycles. The van der Waals surface area contributed by atoms with E-state index in [4.69, 9.17) is 14.2 Å². The third-order valence-corrected chi connectivity index (χ3v) is 6.72. The lowest BCUT2D eigenvalue weighted by Gasteiger charge is -2.22. The molecule has 8 heteroatoms.